The number of hydrogen-bond donors (Lipinski definition) is 2. The lowest BCUT2D eigenvalue weighted by Crippen LogP contribution is -2.20. The van der Waals surface area contributed by atoms with E-state index in [1.54, 1.807) is 73.8 Å². The first-order chi connectivity index (χ1) is 16.0. The van der Waals surface area contributed by atoms with Crippen LogP contribution in [0.1, 0.15) is 5.56 Å². The van der Waals surface area contributed by atoms with Crippen molar-refractivity contribution in [2.45, 2.75) is 0 Å². The van der Waals surface area contributed by atoms with Crippen molar-refractivity contribution in [1.82, 2.24) is 0 Å². The largest absolute Gasteiger partial charge is 0.497 e. The van der Waals surface area contributed by atoms with Crippen molar-refractivity contribution >= 4 is 40.9 Å². The Balaban J connectivity index is 1.73. The zero-order chi connectivity index (χ0) is 23.6. The van der Waals surface area contributed by atoms with E-state index in [4.69, 9.17) is 21.1 Å². The number of ether oxygens (including phenoxy) is 2. The van der Waals surface area contributed by atoms with Gasteiger partial charge in [-0.1, -0.05) is 29.8 Å². The molecule has 0 spiro atoms. The first-order valence-corrected chi connectivity index (χ1v) is 10.2. The third-order valence-electron chi connectivity index (χ3n) is 4.40. The van der Waals surface area contributed by atoms with Gasteiger partial charge in [0.2, 0.25) is 0 Å². The van der Waals surface area contributed by atoms with Gasteiger partial charge in [0.1, 0.15) is 23.1 Å². The number of methoxy groups -OCH3 is 1. The second-order valence-electron chi connectivity index (χ2n) is 6.74. The Hall–Kier alpha value is -4.28. The summed E-state index contributed by atoms with van der Waals surface area (Å²) in [4.78, 5) is 24.8. The summed E-state index contributed by atoms with van der Waals surface area (Å²) >= 11 is 6.09. The molecule has 3 aromatic rings. The molecule has 2 N–H and O–H groups in total. The van der Waals surface area contributed by atoms with Crippen molar-refractivity contribution < 1.29 is 19.1 Å². The average Bonchev–Trinajstić information content (AvgIpc) is 2.83. The Morgan fingerprint density at radius 3 is 2.36 bits per heavy atom. The molecule has 0 heterocycles. The number of rotatable bonds is 8. The number of nitriles is 1. The summed E-state index contributed by atoms with van der Waals surface area (Å²) < 4.78 is 10.7. The molecule has 0 aromatic heterocycles. The molecule has 0 aliphatic heterocycles. The topological polar surface area (TPSA) is 100 Å². The van der Waals surface area contributed by atoms with Gasteiger partial charge in [0.05, 0.1) is 7.11 Å². The molecule has 0 bridgehead atoms. The van der Waals surface area contributed by atoms with Gasteiger partial charge in [-0.2, -0.15) is 5.26 Å². The lowest BCUT2D eigenvalue weighted by atomic mass is 10.1. The van der Waals surface area contributed by atoms with E-state index in [-0.39, 0.29) is 18.1 Å². The van der Waals surface area contributed by atoms with Crippen molar-refractivity contribution in [2.75, 3.05) is 24.4 Å². The Kier molecular flexibility index (Phi) is 8.06. The van der Waals surface area contributed by atoms with E-state index in [9.17, 15) is 14.9 Å². The van der Waals surface area contributed by atoms with Crippen molar-refractivity contribution in [3.05, 3.63) is 89.0 Å². The van der Waals surface area contributed by atoms with Gasteiger partial charge in [0.15, 0.2) is 6.61 Å². The van der Waals surface area contributed by atoms with Gasteiger partial charge >= 0.3 is 0 Å². The molecular formula is C25H20ClN3O4. The number of anilines is 2. The molecule has 33 heavy (non-hydrogen) atoms. The lowest BCUT2D eigenvalue weighted by Gasteiger charge is -2.11. The molecule has 3 rings (SSSR count). The molecule has 0 saturated heterocycles. The fourth-order valence-corrected chi connectivity index (χ4v) is 2.98. The maximum atomic E-state index is 12.6. The van der Waals surface area contributed by atoms with Crippen LogP contribution < -0.4 is 20.1 Å². The first kappa shape index (κ1) is 23.4. The predicted octanol–water partition coefficient (Wildman–Crippen LogP) is 4.91. The summed E-state index contributed by atoms with van der Waals surface area (Å²) in [6.45, 7) is -0.267. The maximum Gasteiger partial charge on any atom is 0.266 e. The molecule has 0 atom stereocenters. The highest BCUT2D eigenvalue weighted by molar-refractivity contribution is 6.30. The van der Waals surface area contributed by atoms with Crippen LogP contribution in [0.4, 0.5) is 11.4 Å². The van der Waals surface area contributed by atoms with Crippen LogP contribution in [0.3, 0.4) is 0 Å². The van der Waals surface area contributed by atoms with Crippen molar-refractivity contribution in [1.29, 1.82) is 5.26 Å². The molecule has 3 aromatic carbocycles. The zero-order valence-electron chi connectivity index (χ0n) is 17.7. The fraction of sp³-hybridized carbons (Fsp3) is 0.0800. The standard InChI is InChI=1S/C25H20ClN3O4/c1-32-22-10-8-21(9-11-22)29-25(31)18(15-27)13-17-14-19(26)7-12-23(17)33-16-24(30)28-20-5-3-2-4-6-20/h2-14H,16H2,1H3,(H,28,30)(H,29,31)/b18-13+. The minimum absolute atomic E-state index is 0.160. The Bertz CT molecular complexity index is 1200. The Morgan fingerprint density at radius 2 is 1.70 bits per heavy atom. The van der Waals surface area contributed by atoms with Crippen LogP contribution in [0.15, 0.2) is 78.4 Å². The smallest absolute Gasteiger partial charge is 0.266 e. The molecular weight excluding hydrogens is 442 g/mol. The minimum atomic E-state index is -0.601. The number of amides is 2. The fourth-order valence-electron chi connectivity index (χ4n) is 2.80. The van der Waals surface area contributed by atoms with Crippen molar-refractivity contribution in [2.24, 2.45) is 0 Å². The van der Waals surface area contributed by atoms with Crippen molar-refractivity contribution in [3.8, 4) is 17.6 Å². The van der Waals surface area contributed by atoms with E-state index >= 15 is 0 Å². The predicted molar refractivity (Wildman–Crippen MR) is 127 cm³/mol. The molecule has 0 unspecified atom stereocenters. The molecule has 2 amide bonds. The van der Waals surface area contributed by atoms with Gasteiger partial charge in [0, 0.05) is 22.0 Å². The highest BCUT2D eigenvalue weighted by Gasteiger charge is 2.13. The van der Waals surface area contributed by atoms with E-state index in [0.29, 0.717) is 33.5 Å². The van der Waals surface area contributed by atoms with Gasteiger partial charge in [-0.3, -0.25) is 9.59 Å². The Morgan fingerprint density at radius 1 is 1.00 bits per heavy atom. The van der Waals surface area contributed by atoms with Crippen LogP contribution in [0.2, 0.25) is 5.02 Å². The summed E-state index contributed by atoms with van der Waals surface area (Å²) in [5.41, 5.74) is 1.37. The van der Waals surface area contributed by atoms with Crippen LogP contribution in [0, 0.1) is 11.3 Å². The van der Waals surface area contributed by atoms with Gasteiger partial charge < -0.3 is 20.1 Å². The van der Waals surface area contributed by atoms with Crippen LogP contribution >= 0.6 is 11.6 Å². The third kappa shape index (κ3) is 6.86. The number of carbonyl (C=O) groups is 2. The monoisotopic (exact) mass is 461 g/mol. The second-order valence-corrected chi connectivity index (χ2v) is 7.17. The molecule has 0 aliphatic carbocycles. The Labute approximate surface area is 196 Å². The first-order valence-electron chi connectivity index (χ1n) is 9.83. The lowest BCUT2D eigenvalue weighted by molar-refractivity contribution is -0.118. The van der Waals surface area contributed by atoms with Crippen molar-refractivity contribution in [3.63, 3.8) is 0 Å². The highest BCUT2D eigenvalue weighted by atomic mass is 35.5. The maximum absolute atomic E-state index is 12.6. The van der Waals surface area contributed by atoms with E-state index in [0.717, 1.165) is 0 Å². The van der Waals surface area contributed by atoms with E-state index in [1.807, 2.05) is 12.1 Å². The van der Waals surface area contributed by atoms with E-state index in [2.05, 4.69) is 10.6 Å². The van der Waals surface area contributed by atoms with E-state index < -0.39 is 5.91 Å². The number of hydrogen-bond acceptors (Lipinski definition) is 5. The van der Waals surface area contributed by atoms with Gasteiger partial charge in [-0.05, 0) is 60.7 Å². The average molecular weight is 462 g/mol. The molecule has 0 aliphatic rings. The van der Waals surface area contributed by atoms with Crippen LogP contribution in [0.5, 0.6) is 11.5 Å². The van der Waals surface area contributed by atoms with Gasteiger partial charge in [-0.15, -0.1) is 0 Å². The molecule has 7 nitrogen and oxygen atoms in total. The molecule has 166 valence electrons. The van der Waals surface area contributed by atoms with Crippen LogP contribution in [-0.2, 0) is 9.59 Å². The third-order valence-corrected chi connectivity index (χ3v) is 4.64. The zero-order valence-corrected chi connectivity index (χ0v) is 18.4. The summed E-state index contributed by atoms with van der Waals surface area (Å²) in [6.07, 6.45) is 1.36. The minimum Gasteiger partial charge on any atom is -0.497 e. The number of benzene rings is 3. The summed E-state index contributed by atoms with van der Waals surface area (Å²) in [5, 5.41) is 15.3. The SMILES string of the molecule is COc1ccc(NC(=O)/C(C#N)=C/c2cc(Cl)ccc2OCC(=O)Nc2ccccc2)cc1. The van der Waals surface area contributed by atoms with Gasteiger partial charge in [-0.25, -0.2) is 0 Å². The van der Waals surface area contributed by atoms with Crippen LogP contribution in [-0.4, -0.2) is 25.5 Å². The second kappa shape index (κ2) is 11.4. The van der Waals surface area contributed by atoms with E-state index in [1.165, 1.54) is 6.08 Å². The quantitative estimate of drug-likeness (QED) is 0.366. The molecule has 8 heteroatoms. The highest BCUT2D eigenvalue weighted by Crippen LogP contribution is 2.26. The molecule has 0 radical (unpaired) electrons. The summed E-state index contributed by atoms with van der Waals surface area (Å²) in [7, 11) is 1.54. The number of nitrogens with one attached hydrogen (secondary N) is 2. The summed E-state index contributed by atoms with van der Waals surface area (Å²) in [5.74, 6) is -0.0204. The van der Waals surface area contributed by atoms with Gasteiger partial charge in [0.25, 0.3) is 11.8 Å². The van der Waals surface area contributed by atoms with Crippen LogP contribution in [0.25, 0.3) is 6.08 Å². The molecule has 0 saturated carbocycles. The number of nitrogens with zero attached hydrogens (tertiary/aromatic N) is 1. The summed E-state index contributed by atoms with van der Waals surface area (Å²) in [6, 6.07) is 22.3. The molecule has 0 fully saturated rings. The number of halogens is 1. The number of carbonyl (C=O) groups excluding carboxylic acids is 2. The normalized spacial score (nSPS) is 10.6. The number of para-hydroxylation sites is 1.